The number of carbonyl (C=O) groups excluding carboxylic acids is 2. The summed E-state index contributed by atoms with van der Waals surface area (Å²) in [7, 11) is 1.42. The van der Waals surface area contributed by atoms with E-state index in [1.165, 1.54) is 32.2 Å². The zero-order chi connectivity index (χ0) is 20.0. The van der Waals surface area contributed by atoms with Gasteiger partial charge in [-0.2, -0.15) is 5.11 Å². The number of methoxy groups -OCH3 is 1. The van der Waals surface area contributed by atoms with Crippen molar-refractivity contribution in [2.45, 2.75) is 13.3 Å². The van der Waals surface area contributed by atoms with Gasteiger partial charge in [-0.05, 0) is 31.2 Å². The number of nitro groups is 1. The van der Waals surface area contributed by atoms with E-state index in [0.29, 0.717) is 5.75 Å². The van der Waals surface area contributed by atoms with Crippen molar-refractivity contribution in [3.8, 4) is 5.75 Å². The number of halogens is 1. The lowest BCUT2D eigenvalue weighted by molar-refractivity contribution is -0.384. The Labute approximate surface area is 159 Å². The maximum absolute atomic E-state index is 11.9. The molecule has 0 heterocycles. The molecule has 0 bridgehead atoms. The molecule has 10 heteroatoms. The molecule has 0 atom stereocenters. The van der Waals surface area contributed by atoms with E-state index in [-0.39, 0.29) is 40.0 Å². The van der Waals surface area contributed by atoms with Crippen LogP contribution in [-0.2, 0) is 9.59 Å². The molecule has 0 fully saturated rings. The Kier molecular flexibility index (Phi) is 6.56. The van der Waals surface area contributed by atoms with Crippen LogP contribution >= 0.6 is 11.6 Å². The monoisotopic (exact) mass is 390 g/mol. The van der Waals surface area contributed by atoms with E-state index in [1.807, 2.05) is 0 Å². The Morgan fingerprint density at radius 3 is 2.63 bits per heavy atom. The fraction of sp³-hybridized carbons (Fsp3) is 0.176. The van der Waals surface area contributed by atoms with Gasteiger partial charge in [0.25, 0.3) is 5.69 Å². The van der Waals surface area contributed by atoms with Crippen LogP contribution in [0.1, 0.15) is 13.3 Å². The third-order valence-electron chi connectivity index (χ3n) is 3.29. The third-order valence-corrected chi connectivity index (χ3v) is 3.61. The number of nitro benzene ring substituents is 1. The third kappa shape index (κ3) is 5.32. The molecular formula is C17H15ClN4O5. The van der Waals surface area contributed by atoms with Crippen LogP contribution in [0.2, 0.25) is 5.02 Å². The molecule has 0 saturated carbocycles. The fourth-order valence-electron chi connectivity index (χ4n) is 2.12. The molecule has 2 aromatic carbocycles. The van der Waals surface area contributed by atoms with E-state index in [1.54, 1.807) is 18.2 Å². The number of nitrogens with one attached hydrogen (secondary N) is 1. The number of anilines is 1. The summed E-state index contributed by atoms with van der Waals surface area (Å²) in [5, 5.41) is 21.5. The summed E-state index contributed by atoms with van der Waals surface area (Å²) in [6, 6.07) is 8.79. The number of hydrogen-bond acceptors (Lipinski definition) is 7. The van der Waals surface area contributed by atoms with Crippen molar-refractivity contribution < 1.29 is 19.2 Å². The number of hydrogen-bond donors (Lipinski definition) is 1. The number of benzene rings is 2. The molecule has 0 aliphatic rings. The average Bonchev–Trinajstić information content (AvgIpc) is 2.60. The molecule has 9 nitrogen and oxygen atoms in total. The second-order valence-electron chi connectivity index (χ2n) is 5.38. The van der Waals surface area contributed by atoms with Crippen molar-refractivity contribution in [2.75, 3.05) is 12.4 Å². The van der Waals surface area contributed by atoms with E-state index in [0.717, 1.165) is 0 Å². The van der Waals surface area contributed by atoms with Crippen LogP contribution in [0.5, 0.6) is 5.75 Å². The van der Waals surface area contributed by atoms with E-state index < -0.39 is 10.8 Å². The molecule has 1 N–H and O–H groups in total. The van der Waals surface area contributed by atoms with Gasteiger partial charge in [0.05, 0.1) is 29.8 Å². The molecule has 2 aromatic rings. The first kappa shape index (κ1) is 20.0. The van der Waals surface area contributed by atoms with Crippen LogP contribution in [0.15, 0.2) is 46.6 Å². The number of rotatable bonds is 7. The second-order valence-corrected chi connectivity index (χ2v) is 5.78. The topological polar surface area (TPSA) is 123 Å². The van der Waals surface area contributed by atoms with Crippen molar-refractivity contribution in [3.63, 3.8) is 0 Å². The zero-order valence-electron chi connectivity index (χ0n) is 14.4. The molecule has 0 radical (unpaired) electrons. The van der Waals surface area contributed by atoms with Gasteiger partial charge in [-0.15, -0.1) is 5.11 Å². The molecule has 27 heavy (non-hydrogen) atoms. The van der Waals surface area contributed by atoms with Crippen LogP contribution in [0.25, 0.3) is 0 Å². The molecule has 0 aromatic heterocycles. The van der Waals surface area contributed by atoms with Crippen molar-refractivity contribution in [3.05, 3.63) is 51.5 Å². The van der Waals surface area contributed by atoms with Gasteiger partial charge < -0.3 is 10.1 Å². The zero-order valence-corrected chi connectivity index (χ0v) is 15.2. The number of carbonyl (C=O) groups is 2. The molecular weight excluding hydrogens is 376 g/mol. The maximum Gasteiger partial charge on any atom is 0.290 e. The second kappa shape index (κ2) is 8.86. The molecule has 0 unspecified atom stereocenters. The van der Waals surface area contributed by atoms with E-state index in [4.69, 9.17) is 16.3 Å². The standard InChI is InChI=1S/C17H15ClN4O5/c1-10(23)8-16(24)19-13-4-3-5-15(27-2)17(13)21-20-11-6-7-12(18)14(9-11)22(25)26/h3-7,9H,8H2,1-2H3,(H,19,24). The number of azo groups is 1. The molecule has 1 amide bonds. The SMILES string of the molecule is COc1cccc(NC(=O)CC(C)=O)c1N=Nc1ccc(Cl)c([N+](=O)[O-])c1. The Morgan fingerprint density at radius 2 is 2.00 bits per heavy atom. The lowest BCUT2D eigenvalue weighted by Gasteiger charge is -2.10. The van der Waals surface area contributed by atoms with Crippen LogP contribution < -0.4 is 10.1 Å². The van der Waals surface area contributed by atoms with Crippen molar-refractivity contribution in [1.29, 1.82) is 0 Å². The first-order chi connectivity index (χ1) is 12.8. The number of ketones is 1. The van der Waals surface area contributed by atoms with Crippen LogP contribution in [0.4, 0.5) is 22.7 Å². The largest absolute Gasteiger partial charge is 0.494 e. The minimum Gasteiger partial charge on any atom is -0.494 e. The predicted molar refractivity (Wildman–Crippen MR) is 99.2 cm³/mol. The van der Waals surface area contributed by atoms with Gasteiger partial charge >= 0.3 is 0 Å². The smallest absolute Gasteiger partial charge is 0.290 e. The summed E-state index contributed by atoms with van der Waals surface area (Å²) in [5.41, 5.74) is 0.378. The highest BCUT2D eigenvalue weighted by molar-refractivity contribution is 6.32. The van der Waals surface area contributed by atoms with Gasteiger partial charge in [-0.25, -0.2) is 0 Å². The number of Topliss-reactive ketones (excluding diaryl/α,β-unsaturated/α-hetero) is 1. The fourth-order valence-corrected chi connectivity index (χ4v) is 2.31. The molecule has 140 valence electrons. The highest BCUT2D eigenvalue weighted by Gasteiger charge is 2.15. The lowest BCUT2D eigenvalue weighted by Crippen LogP contribution is -2.14. The van der Waals surface area contributed by atoms with Crippen molar-refractivity contribution >= 4 is 46.0 Å². The highest BCUT2D eigenvalue weighted by atomic mass is 35.5. The molecule has 0 saturated heterocycles. The lowest BCUT2D eigenvalue weighted by atomic mass is 10.2. The van der Waals surface area contributed by atoms with E-state index in [9.17, 15) is 19.7 Å². The van der Waals surface area contributed by atoms with Crippen molar-refractivity contribution in [1.82, 2.24) is 0 Å². The predicted octanol–water partition coefficient (Wildman–Crippen LogP) is 4.59. The first-order valence-corrected chi connectivity index (χ1v) is 8.01. The summed E-state index contributed by atoms with van der Waals surface area (Å²) in [4.78, 5) is 33.3. The number of nitrogens with zero attached hydrogens (tertiary/aromatic N) is 3. The summed E-state index contributed by atoms with van der Waals surface area (Å²) in [6.07, 6.45) is -0.281. The molecule has 0 spiro atoms. The Bertz CT molecular complexity index is 930. The number of amides is 1. The van der Waals surface area contributed by atoms with Gasteiger partial charge in [-0.1, -0.05) is 17.7 Å². The van der Waals surface area contributed by atoms with Gasteiger partial charge in [-0.3, -0.25) is 19.7 Å². The summed E-state index contributed by atoms with van der Waals surface area (Å²) < 4.78 is 5.22. The minimum absolute atomic E-state index is 0.0200. The maximum atomic E-state index is 11.9. The molecule has 0 aliphatic carbocycles. The van der Waals surface area contributed by atoms with E-state index in [2.05, 4.69) is 15.5 Å². The molecule has 2 rings (SSSR count). The van der Waals surface area contributed by atoms with Crippen LogP contribution in [0, 0.1) is 10.1 Å². The Morgan fingerprint density at radius 1 is 1.26 bits per heavy atom. The number of ether oxygens (including phenoxy) is 1. The van der Waals surface area contributed by atoms with Gasteiger partial charge in [0.15, 0.2) is 5.69 Å². The quantitative estimate of drug-likeness (QED) is 0.320. The van der Waals surface area contributed by atoms with Gasteiger partial charge in [0.2, 0.25) is 5.91 Å². The summed E-state index contributed by atoms with van der Waals surface area (Å²) in [5.74, 6) is -0.468. The normalized spacial score (nSPS) is 10.6. The minimum atomic E-state index is -0.627. The highest BCUT2D eigenvalue weighted by Crippen LogP contribution is 2.37. The van der Waals surface area contributed by atoms with Gasteiger partial charge in [0, 0.05) is 6.07 Å². The Balaban J connectivity index is 2.38. The van der Waals surface area contributed by atoms with Crippen LogP contribution in [0.3, 0.4) is 0 Å². The van der Waals surface area contributed by atoms with E-state index >= 15 is 0 Å². The first-order valence-electron chi connectivity index (χ1n) is 7.63. The summed E-state index contributed by atoms with van der Waals surface area (Å²) >= 11 is 5.77. The van der Waals surface area contributed by atoms with Crippen LogP contribution in [-0.4, -0.2) is 23.7 Å². The molecule has 0 aliphatic heterocycles. The average molecular weight is 391 g/mol. The van der Waals surface area contributed by atoms with Crippen molar-refractivity contribution in [2.24, 2.45) is 10.2 Å². The summed E-state index contributed by atoms with van der Waals surface area (Å²) in [6.45, 7) is 1.30. The van der Waals surface area contributed by atoms with Gasteiger partial charge in [0.1, 0.15) is 16.6 Å². The Hall–Kier alpha value is -3.33.